The lowest BCUT2D eigenvalue weighted by Gasteiger charge is -2.12. The Bertz CT molecular complexity index is 1970. The largest absolute Gasteiger partial charge is 0.325 e. The molecular weight excluding hydrogens is 621 g/mol. The summed E-state index contributed by atoms with van der Waals surface area (Å²) < 4.78 is 3.70. The van der Waals surface area contributed by atoms with Crippen molar-refractivity contribution in [1.82, 2.24) is 19.7 Å². The molecule has 2 aromatic heterocycles. The molecule has 45 heavy (non-hydrogen) atoms. The molecule has 0 radical (unpaired) electrons. The SMILES string of the molecule is Cc1cc(C)c(NC(=O)CSc2nc3ccc(NC(=O)CSc4nnc(-c5ccccc5)n4-c4ccccc4)cc3s2)c(C)c1. The Morgan fingerprint density at radius 2 is 1.44 bits per heavy atom. The van der Waals surface area contributed by atoms with Gasteiger partial charge in [0.1, 0.15) is 0 Å². The Balaban J connectivity index is 1.08. The first-order valence-electron chi connectivity index (χ1n) is 14.2. The number of hydrogen-bond acceptors (Lipinski definition) is 8. The van der Waals surface area contributed by atoms with E-state index < -0.39 is 0 Å². The number of hydrogen-bond donors (Lipinski definition) is 2. The summed E-state index contributed by atoms with van der Waals surface area (Å²) >= 11 is 4.23. The minimum Gasteiger partial charge on any atom is -0.325 e. The number of anilines is 2. The lowest BCUT2D eigenvalue weighted by molar-refractivity contribution is -0.114. The minimum absolute atomic E-state index is 0.0706. The quantitative estimate of drug-likeness (QED) is 0.145. The third-order valence-corrected chi connectivity index (χ3v) is 10.0. The van der Waals surface area contributed by atoms with Crippen LogP contribution in [-0.2, 0) is 9.59 Å². The van der Waals surface area contributed by atoms with Gasteiger partial charge in [0.2, 0.25) is 11.8 Å². The highest BCUT2D eigenvalue weighted by molar-refractivity contribution is 8.01. The van der Waals surface area contributed by atoms with Crippen LogP contribution in [0.3, 0.4) is 0 Å². The molecule has 0 unspecified atom stereocenters. The van der Waals surface area contributed by atoms with Crippen molar-refractivity contribution >= 4 is 68.3 Å². The Morgan fingerprint density at radius 3 is 2.18 bits per heavy atom. The summed E-state index contributed by atoms with van der Waals surface area (Å²) in [5.41, 5.74) is 7.51. The number of thioether (sulfide) groups is 2. The number of amides is 2. The number of nitrogens with zero attached hydrogens (tertiary/aromatic N) is 4. The van der Waals surface area contributed by atoms with Gasteiger partial charge in [0.15, 0.2) is 15.3 Å². The molecule has 6 aromatic rings. The molecule has 0 bridgehead atoms. The predicted molar refractivity (Wildman–Crippen MR) is 186 cm³/mol. The van der Waals surface area contributed by atoms with E-state index >= 15 is 0 Å². The average molecular weight is 651 g/mol. The van der Waals surface area contributed by atoms with E-state index in [0.29, 0.717) is 16.7 Å². The lowest BCUT2D eigenvalue weighted by atomic mass is 10.1. The molecule has 0 aliphatic rings. The van der Waals surface area contributed by atoms with Gasteiger partial charge in [-0.1, -0.05) is 89.8 Å². The molecule has 11 heteroatoms. The third-order valence-electron chi connectivity index (χ3n) is 6.93. The fraction of sp³-hybridized carbons (Fsp3) is 0.147. The van der Waals surface area contributed by atoms with Crippen molar-refractivity contribution in [2.75, 3.05) is 22.1 Å². The van der Waals surface area contributed by atoms with Crippen molar-refractivity contribution in [3.8, 4) is 17.1 Å². The van der Waals surface area contributed by atoms with Gasteiger partial charge in [0, 0.05) is 22.6 Å². The normalized spacial score (nSPS) is 11.1. The van der Waals surface area contributed by atoms with Gasteiger partial charge in [-0.2, -0.15) is 0 Å². The molecule has 0 fully saturated rings. The maximum absolute atomic E-state index is 13.0. The van der Waals surface area contributed by atoms with Gasteiger partial charge in [-0.3, -0.25) is 14.2 Å². The smallest absolute Gasteiger partial charge is 0.234 e. The van der Waals surface area contributed by atoms with E-state index in [1.54, 1.807) is 0 Å². The second kappa shape index (κ2) is 13.7. The summed E-state index contributed by atoms with van der Waals surface area (Å²) in [6.07, 6.45) is 0. The number of nitrogens with one attached hydrogen (secondary N) is 2. The second-order valence-electron chi connectivity index (χ2n) is 10.5. The van der Waals surface area contributed by atoms with Crippen LogP contribution in [0.25, 0.3) is 27.3 Å². The fourth-order valence-electron chi connectivity index (χ4n) is 5.00. The first-order valence-corrected chi connectivity index (χ1v) is 17.0. The van der Waals surface area contributed by atoms with E-state index in [9.17, 15) is 9.59 Å². The third kappa shape index (κ3) is 7.28. The molecule has 0 spiro atoms. The molecule has 2 N–H and O–H groups in total. The maximum Gasteiger partial charge on any atom is 0.234 e. The summed E-state index contributed by atoms with van der Waals surface area (Å²) in [6.45, 7) is 6.06. The van der Waals surface area contributed by atoms with Crippen LogP contribution in [0.4, 0.5) is 11.4 Å². The number of aromatic nitrogens is 4. The summed E-state index contributed by atoms with van der Waals surface area (Å²) in [5.74, 6) is 0.912. The molecule has 0 aliphatic heterocycles. The first kappa shape index (κ1) is 30.6. The van der Waals surface area contributed by atoms with Gasteiger partial charge in [0.25, 0.3) is 0 Å². The van der Waals surface area contributed by atoms with Crippen molar-refractivity contribution in [1.29, 1.82) is 0 Å². The fourth-order valence-corrected chi connectivity index (χ4v) is 7.66. The molecule has 0 saturated carbocycles. The van der Waals surface area contributed by atoms with Crippen molar-refractivity contribution < 1.29 is 9.59 Å². The van der Waals surface area contributed by atoms with Crippen LogP contribution in [0.5, 0.6) is 0 Å². The summed E-state index contributed by atoms with van der Waals surface area (Å²) in [5, 5.41) is 15.5. The summed E-state index contributed by atoms with van der Waals surface area (Å²) in [6, 6.07) is 29.5. The predicted octanol–water partition coefficient (Wildman–Crippen LogP) is 7.93. The molecule has 2 heterocycles. The zero-order valence-electron chi connectivity index (χ0n) is 24.9. The number of carbonyl (C=O) groups is 2. The highest BCUT2D eigenvalue weighted by Crippen LogP contribution is 2.32. The number of benzene rings is 4. The van der Waals surface area contributed by atoms with Crippen molar-refractivity contribution in [2.45, 2.75) is 30.3 Å². The monoisotopic (exact) mass is 650 g/mol. The zero-order chi connectivity index (χ0) is 31.3. The van der Waals surface area contributed by atoms with E-state index in [4.69, 9.17) is 0 Å². The van der Waals surface area contributed by atoms with Gasteiger partial charge >= 0.3 is 0 Å². The molecule has 226 valence electrons. The van der Waals surface area contributed by atoms with Crippen LogP contribution >= 0.6 is 34.9 Å². The van der Waals surface area contributed by atoms with Crippen LogP contribution in [0.2, 0.25) is 0 Å². The Kier molecular flexibility index (Phi) is 9.29. The second-order valence-corrected chi connectivity index (χ2v) is 13.6. The number of thiazole rings is 1. The molecule has 0 aliphatic carbocycles. The standard InChI is InChI=1S/C34H30N6O2S3/c1-21-16-22(2)31(23(3)17-21)37-30(42)20-44-34-36-27-15-14-25(18-28(27)45-34)35-29(41)19-43-33-39-38-32(24-10-6-4-7-11-24)40(33)26-12-8-5-9-13-26/h4-18H,19-20H2,1-3H3,(H,35,41)(H,37,42). The number of para-hydroxylation sites is 1. The number of fused-ring (bicyclic) bond motifs is 1. The topological polar surface area (TPSA) is 102 Å². The lowest BCUT2D eigenvalue weighted by Crippen LogP contribution is -2.15. The van der Waals surface area contributed by atoms with Crippen molar-refractivity contribution in [3.05, 3.63) is 108 Å². The summed E-state index contributed by atoms with van der Waals surface area (Å²) in [4.78, 5) is 30.4. The van der Waals surface area contributed by atoms with Crippen molar-refractivity contribution in [3.63, 3.8) is 0 Å². The summed E-state index contributed by atoms with van der Waals surface area (Å²) in [7, 11) is 0. The van der Waals surface area contributed by atoms with Gasteiger partial charge in [0.05, 0.1) is 21.7 Å². The molecule has 2 amide bonds. The average Bonchev–Trinajstić information content (AvgIpc) is 3.65. The van der Waals surface area contributed by atoms with Crippen molar-refractivity contribution in [2.24, 2.45) is 0 Å². The van der Waals surface area contributed by atoms with Gasteiger partial charge in [-0.25, -0.2) is 4.98 Å². The Labute approximate surface area is 273 Å². The Morgan fingerprint density at radius 1 is 0.778 bits per heavy atom. The van der Waals surface area contributed by atoms with E-state index in [2.05, 4.69) is 37.9 Å². The van der Waals surface area contributed by atoms with E-state index in [0.717, 1.165) is 42.6 Å². The van der Waals surface area contributed by atoms with Crippen LogP contribution in [0.1, 0.15) is 16.7 Å². The number of carbonyl (C=O) groups excluding carboxylic acids is 2. The number of aryl methyl sites for hydroxylation is 3. The van der Waals surface area contributed by atoms with E-state index in [1.165, 1.54) is 40.4 Å². The number of rotatable bonds is 10. The minimum atomic E-state index is -0.152. The van der Waals surface area contributed by atoms with Crippen LogP contribution in [0, 0.1) is 20.8 Å². The van der Waals surface area contributed by atoms with Crippen LogP contribution in [-0.4, -0.2) is 43.1 Å². The van der Waals surface area contributed by atoms with Gasteiger partial charge in [-0.15, -0.1) is 21.5 Å². The molecule has 0 atom stereocenters. The molecule has 0 saturated heterocycles. The maximum atomic E-state index is 13.0. The highest BCUT2D eigenvalue weighted by atomic mass is 32.2. The molecule has 8 nitrogen and oxygen atoms in total. The first-order chi connectivity index (χ1) is 21.8. The molecule has 4 aromatic carbocycles. The van der Waals surface area contributed by atoms with Crippen LogP contribution < -0.4 is 10.6 Å². The Hall–Kier alpha value is -4.45. The van der Waals surface area contributed by atoms with E-state index in [1.807, 2.05) is 104 Å². The molecule has 6 rings (SSSR count). The van der Waals surface area contributed by atoms with Gasteiger partial charge < -0.3 is 10.6 Å². The van der Waals surface area contributed by atoms with Gasteiger partial charge in [-0.05, 0) is 62.2 Å². The van der Waals surface area contributed by atoms with E-state index in [-0.39, 0.29) is 23.3 Å². The zero-order valence-corrected chi connectivity index (χ0v) is 27.4. The highest BCUT2D eigenvalue weighted by Gasteiger charge is 2.18. The van der Waals surface area contributed by atoms with Crippen LogP contribution in [0.15, 0.2) is 100 Å². The molecular formula is C34H30N6O2S3.